The molecule has 50 heavy (non-hydrogen) atoms. The number of rotatable bonds is 15. The average Bonchev–Trinajstić information content (AvgIpc) is 3.07. The molecule has 0 aliphatic carbocycles. The van der Waals surface area contributed by atoms with Crippen LogP contribution in [0.25, 0.3) is 0 Å². The average molecular weight is 919 g/mol. The van der Waals surface area contributed by atoms with Gasteiger partial charge in [0.1, 0.15) is 11.6 Å². The maximum Gasteiger partial charge on any atom is 0.276 e. The number of hydroxylamine groups is 2. The summed E-state index contributed by atoms with van der Waals surface area (Å²) < 4.78 is 34.3. The molecular weight excluding hydrogens is 880 g/mol. The Morgan fingerprint density at radius 1 is 0.700 bits per heavy atom. The standard InChI is InChI=1S/C18H20FIN2O4.C17H18FIN2O3/c1-11-8-13(20)3-5-16(11)21-17-9-12(19)2-4-15(17)18(25)22-26-7-6-14(24)10-23;1-11-9-13(19)4-6-15(11)20-16-10-12(18)3-5-14(16)17(22)21-24-8-7-23-2/h2-5,8-9,14,21,23-24H,6-7,10H2,1H3,(H,22,25);3-6,9-10,20H,7-8H2,1-2H3,(H,21,22). The Kier molecular flexibility index (Phi) is 17.2. The van der Waals surface area contributed by atoms with Crippen molar-refractivity contribution in [2.24, 2.45) is 0 Å². The number of anilines is 4. The van der Waals surface area contributed by atoms with Crippen molar-refractivity contribution in [3.05, 3.63) is 114 Å². The lowest BCUT2D eigenvalue weighted by Crippen LogP contribution is -2.26. The molecule has 15 heteroatoms. The largest absolute Gasteiger partial charge is 0.394 e. The zero-order valence-electron chi connectivity index (χ0n) is 27.5. The van der Waals surface area contributed by atoms with E-state index in [0.717, 1.165) is 29.6 Å². The first-order chi connectivity index (χ1) is 23.9. The summed E-state index contributed by atoms with van der Waals surface area (Å²) in [6.45, 7) is 4.10. The Morgan fingerprint density at radius 2 is 1.16 bits per heavy atom. The van der Waals surface area contributed by atoms with E-state index < -0.39 is 29.6 Å². The fourth-order valence-corrected chi connectivity index (χ4v) is 5.51. The predicted octanol–water partition coefficient (Wildman–Crippen LogP) is 6.68. The molecule has 4 aromatic carbocycles. The molecule has 6 N–H and O–H groups in total. The Balaban J connectivity index is 0.000000271. The van der Waals surface area contributed by atoms with Gasteiger partial charge in [0.05, 0.1) is 55.0 Å². The molecule has 0 fully saturated rings. The van der Waals surface area contributed by atoms with E-state index in [2.05, 4.69) is 66.8 Å². The Morgan fingerprint density at radius 3 is 1.58 bits per heavy atom. The number of carbonyl (C=O) groups is 2. The summed E-state index contributed by atoms with van der Waals surface area (Å²) in [4.78, 5) is 34.6. The number of aryl methyl sites for hydroxylation is 2. The van der Waals surface area contributed by atoms with Gasteiger partial charge in [-0.15, -0.1) is 0 Å². The van der Waals surface area contributed by atoms with Gasteiger partial charge in [0, 0.05) is 32.0 Å². The van der Waals surface area contributed by atoms with E-state index >= 15 is 0 Å². The van der Waals surface area contributed by atoms with E-state index in [1.54, 1.807) is 0 Å². The number of halogens is 4. The number of hydrogen-bond acceptors (Lipinski definition) is 9. The first-order valence-corrected chi connectivity index (χ1v) is 17.3. The fourth-order valence-electron chi connectivity index (χ4n) is 4.21. The van der Waals surface area contributed by atoms with Crippen LogP contribution >= 0.6 is 45.2 Å². The number of aliphatic hydroxyl groups excluding tert-OH is 2. The smallest absolute Gasteiger partial charge is 0.276 e. The fraction of sp³-hybridized carbons (Fsp3) is 0.257. The Hall–Kier alpha value is -3.46. The quantitative estimate of drug-likeness (QED) is 0.0437. The van der Waals surface area contributed by atoms with Gasteiger partial charge in [-0.1, -0.05) is 0 Å². The van der Waals surface area contributed by atoms with Gasteiger partial charge < -0.3 is 25.6 Å². The summed E-state index contributed by atoms with van der Waals surface area (Å²) in [5.41, 5.74) is 9.27. The van der Waals surface area contributed by atoms with E-state index in [9.17, 15) is 23.5 Å². The predicted molar refractivity (Wildman–Crippen MR) is 204 cm³/mol. The van der Waals surface area contributed by atoms with Crippen molar-refractivity contribution < 1.29 is 43.0 Å². The van der Waals surface area contributed by atoms with Crippen molar-refractivity contribution in [1.29, 1.82) is 0 Å². The van der Waals surface area contributed by atoms with E-state index in [4.69, 9.17) is 19.5 Å². The highest BCUT2D eigenvalue weighted by atomic mass is 127. The lowest BCUT2D eigenvalue weighted by atomic mass is 10.1. The molecule has 268 valence electrons. The molecule has 1 atom stereocenters. The van der Waals surface area contributed by atoms with Crippen LogP contribution in [-0.2, 0) is 14.4 Å². The topological polar surface area (TPSA) is 150 Å². The molecule has 4 aromatic rings. The van der Waals surface area contributed by atoms with Crippen LogP contribution in [-0.4, -0.2) is 61.7 Å². The van der Waals surface area contributed by atoms with E-state index in [0.29, 0.717) is 18.0 Å². The lowest BCUT2D eigenvalue weighted by Gasteiger charge is -2.14. The first-order valence-electron chi connectivity index (χ1n) is 15.2. The van der Waals surface area contributed by atoms with Crippen LogP contribution in [0, 0.1) is 32.6 Å². The summed E-state index contributed by atoms with van der Waals surface area (Å²) in [7, 11) is 1.54. The molecule has 0 saturated carbocycles. The van der Waals surface area contributed by atoms with E-state index in [-0.39, 0.29) is 37.4 Å². The Labute approximate surface area is 316 Å². The molecule has 0 radical (unpaired) electrons. The number of aliphatic hydroxyl groups is 2. The van der Waals surface area contributed by atoms with Crippen molar-refractivity contribution in [1.82, 2.24) is 11.0 Å². The molecular formula is C35H38F2I2N4O7. The zero-order chi connectivity index (χ0) is 36.6. The summed E-state index contributed by atoms with van der Waals surface area (Å²) in [6, 6.07) is 19.3. The van der Waals surface area contributed by atoms with E-state index in [1.165, 1.54) is 43.5 Å². The summed E-state index contributed by atoms with van der Waals surface area (Å²) in [6.07, 6.45) is -0.730. The number of nitrogens with one attached hydrogen (secondary N) is 4. The van der Waals surface area contributed by atoms with Crippen LogP contribution < -0.4 is 21.6 Å². The molecule has 11 nitrogen and oxygen atoms in total. The van der Waals surface area contributed by atoms with Crippen molar-refractivity contribution in [3.8, 4) is 0 Å². The number of methoxy groups -OCH3 is 1. The molecule has 0 spiro atoms. The van der Waals surface area contributed by atoms with Crippen LogP contribution in [0.5, 0.6) is 0 Å². The number of benzene rings is 4. The van der Waals surface area contributed by atoms with Crippen molar-refractivity contribution in [2.45, 2.75) is 26.4 Å². The molecule has 0 aliphatic heterocycles. The van der Waals surface area contributed by atoms with Crippen LogP contribution in [0.4, 0.5) is 31.5 Å². The van der Waals surface area contributed by atoms with Crippen molar-refractivity contribution in [3.63, 3.8) is 0 Å². The van der Waals surface area contributed by atoms with Crippen LogP contribution in [0.3, 0.4) is 0 Å². The number of amides is 2. The molecule has 0 saturated heterocycles. The third-order valence-electron chi connectivity index (χ3n) is 6.85. The monoisotopic (exact) mass is 918 g/mol. The van der Waals surface area contributed by atoms with Gasteiger partial charge >= 0.3 is 0 Å². The normalized spacial score (nSPS) is 11.2. The van der Waals surface area contributed by atoms with Crippen LogP contribution in [0.2, 0.25) is 0 Å². The van der Waals surface area contributed by atoms with Crippen LogP contribution in [0.15, 0.2) is 72.8 Å². The highest BCUT2D eigenvalue weighted by Crippen LogP contribution is 2.27. The van der Waals surface area contributed by atoms with Gasteiger partial charge in [0.15, 0.2) is 0 Å². The van der Waals surface area contributed by atoms with Gasteiger partial charge in [-0.25, -0.2) is 19.7 Å². The van der Waals surface area contributed by atoms with Crippen molar-refractivity contribution >= 4 is 79.7 Å². The second-order valence-electron chi connectivity index (χ2n) is 10.7. The second kappa shape index (κ2) is 21.0. The number of hydrogen-bond donors (Lipinski definition) is 6. The van der Waals surface area contributed by atoms with Gasteiger partial charge in [0.2, 0.25) is 0 Å². The minimum Gasteiger partial charge on any atom is -0.394 e. The van der Waals surface area contributed by atoms with Crippen molar-refractivity contribution in [2.75, 3.05) is 44.2 Å². The van der Waals surface area contributed by atoms with Crippen LogP contribution in [0.1, 0.15) is 38.3 Å². The van der Waals surface area contributed by atoms with Gasteiger partial charge in [-0.3, -0.25) is 19.3 Å². The molecule has 0 bridgehead atoms. The second-order valence-corrected chi connectivity index (χ2v) is 13.2. The third kappa shape index (κ3) is 13.3. The SMILES string of the molecule is COCCONC(=O)c1ccc(F)cc1Nc1ccc(I)cc1C.Cc1cc(I)ccc1Nc1cc(F)ccc1C(=O)NOCCC(O)CO. The highest BCUT2D eigenvalue weighted by Gasteiger charge is 2.15. The molecule has 0 aliphatic rings. The third-order valence-corrected chi connectivity index (χ3v) is 8.19. The maximum absolute atomic E-state index is 13.7. The molecule has 0 aromatic heterocycles. The molecule has 2 amide bonds. The molecule has 4 rings (SSSR count). The van der Waals surface area contributed by atoms with Gasteiger partial charge in [-0.2, -0.15) is 0 Å². The first kappa shape index (κ1) is 41.0. The highest BCUT2D eigenvalue weighted by molar-refractivity contribution is 14.1. The van der Waals surface area contributed by atoms with E-state index in [1.807, 2.05) is 50.2 Å². The summed E-state index contributed by atoms with van der Waals surface area (Å²) in [5, 5.41) is 24.1. The molecule has 1 unspecified atom stereocenters. The number of ether oxygens (including phenoxy) is 1. The summed E-state index contributed by atoms with van der Waals surface area (Å²) in [5.74, 6) is -1.91. The lowest BCUT2D eigenvalue weighted by molar-refractivity contribution is 0.00706. The summed E-state index contributed by atoms with van der Waals surface area (Å²) >= 11 is 4.42. The van der Waals surface area contributed by atoms with Gasteiger partial charge in [0.25, 0.3) is 11.8 Å². The Bertz CT molecular complexity index is 1750. The zero-order valence-corrected chi connectivity index (χ0v) is 31.8. The minimum absolute atomic E-state index is 0.0354. The minimum atomic E-state index is -0.904. The van der Waals surface area contributed by atoms with Gasteiger partial charge in [-0.05, 0) is 143 Å². The molecule has 0 heterocycles. The maximum atomic E-state index is 13.7. The number of carbonyl (C=O) groups excluding carboxylic acids is 2.